The zero-order chi connectivity index (χ0) is 22.6. The number of thiazole rings is 1. The number of thiophene rings is 1. The minimum absolute atomic E-state index is 0.0488. The van der Waals surface area contributed by atoms with E-state index in [2.05, 4.69) is 21.3 Å². The van der Waals surface area contributed by atoms with Crippen molar-refractivity contribution in [2.75, 3.05) is 19.6 Å². The molecule has 0 saturated carbocycles. The summed E-state index contributed by atoms with van der Waals surface area (Å²) < 4.78 is 38.2. The van der Waals surface area contributed by atoms with Crippen LogP contribution in [0.25, 0.3) is 10.6 Å². The van der Waals surface area contributed by atoms with Crippen LogP contribution in [0.2, 0.25) is 0 Å². The van der Waals surface area contributed by atoms with Crippen LogP contribution in [-0.4, -0.2) is 35.4 Å². The molecule has 0 bridgehead atoms. The van der Waals surface area contributed by atoms with Gasteiger partial charge in [-0.25, -0.2) is 4.98 Å². The van der Waals surface area contributed by atoms with Gasteiger partial charge in [-0.15, -0.1) is 22.7 Å². The minimum Gasteiger partial charge on any atom is -0.355 e. The van der Waals surface area contributed by atoms with Crippen molar-refractivity contribution in [3.8, 4) is 10.6 Å². The van der Waals surface area contributed by atoms with Crippen molar-refractivity contribution in [3.63, 3.8) is 0 Å². The molecule has 32 heavy (non-hydrogen) atoms. The van der Waals surface area contributed by atoms with Crippen molar-refractivity contribution in [2.45, 2.75) is 32.0 Å². The molecule has 1 N–H and O–H groups in total. The average Bonchev–Trinajstić information content (AvgIpc) is 3.46. The monoisotopic (exact) mass is 479 g/mol. The lowest BCUT2D eigenvalue weighted by atomic mass is 9.96. The van der Waals surface area contributed by atoms with E-state index >= 15 is 0 Å². The maximum absolute atomic E-state index is 12.7. The zero-order valence-electron chi connectivity index (χ0n) is 17.4. The number of nitrogens with zero attached hydrogens (tertiary/aromatic N) is 2. The number of aromatic nitrogens is 1. The third-order valence-corrected chi connectivity index (χ3v) is 7.48. The van der Waals surface area contributed by atoms with Crippen LogP contribution >= 0.6 is 22.7 Å². The van der Waals surface area contributed by atoms with E-state index in [1.807, 2.05) is 16.8 Å². The molecule has 3 heterocycles. The van der Waals surface area contributed by atoms with E-state index in [1.165, 1.54) is 28.3 Å². The predicted octanol–water partition coefficient (Wildman–Crippen LogP) is 5.46. The quantitative estimate of drug-likeness (QED) is 0.489. The first kappa shape index (κ1) is 22.9. The van der Waals surface area contributed by atoms with Crippen molar-refractivity contribution >= 4 is 28.6 Å². The van der Waals surface area contributed by atoms with E-state index < -0.39 is 11.7 Å². The number of benzene rings is 1. The average molecular weight is 480 g/mol. The Hall–Kier alpha value is -2.23. The molecule has 0 atom stereocenters. The lowest BCUT2D eigenvalue weighted by Gasteiger charge is -2.30. The van der Waals surface area contributed by atoms with Gasteiger partial charge in [-0.3, -0.25) is 9.69 Å². The molecule has 4 rings (SSSR count). The Morgan fingerprint density at radius 2 is 1.88 bits per heavy atom. The van der Waals surface area contributed by atoms with E-state index in [9.17, 15) is 18.0 Å². The highest BCUT2D eigenvalue weighted by molar-refractivity contribution is 7.13. The molecular formula is C23H24F3N3OS2. The van der Waals surface area contributed by atoms with Crippen molar-refractivity contribution in [1.29, 1.82) is 0 Å². The first-order valence-electron chi connectivity index (χ1n) is 10.5. The summed E-state index contributed by atoms with van der Waals surface area (Å²) in [5.41, 5.74) is 0.937. The molecule has 1 saturated heterocycles. The van der Waals surface area contributed by atoms with Crippen LogP contribution < -0.4 is 5.32 Å². The van der Waals surface area contributed by atoms with Gasteiger partial charge in [-0.05, 0) is 55.9 Å². The summed E-state index contributed by atoms with van der Waals surface area (Å²) in [5, 5.41) is 7.77. The fraction of sp³-hybridized carbons (Fsp3) is 0.391. The summed E-state index contributed by atoms with van der Waals surface area (Å²) in [6.07, 6.45) is -1.82. The van der Waals surface area contributed by atoms with Crippen LogP contribution in [0, 0.1) is 5.92 Å². The molecule has 1 aromatic carbocycles. The zero-order valence-corrected chi connectivity index (χ0v) is 19.0. The smallest absolute Gasteiger partial charge is 0.355 e. The van der Waals surface area contributed by atoms with E-state index in [1.54, 1.807) is 11.3 Å². The number of amides is 1. The third kappa shape index (κ3) is 5.96. The van der Waals surface area contributed by atoms with Gasteiger partial charge >= 0.3 is 6.18 Å². The van der Waals surface area contributed by atoms with Crippen LogP contribution in [-0.2, 0) is 23.9 Å². The van der Waals surface area contributed by atoms with Gasteiger partial charge in [-0.1, -0.05) is 18.2 Å². The number of halogens is 3. The van der Waals surface area contributed by atoms with Crippen molar-refractivity contribution in [2.24, 2.45) is 5.92 Å². The van der Waals surface area contributed by atoms with Crippen LogP contribution in [0.4, 0.5) is 13.2 Å². The number of carbonyl (C=O) groups excluding carboxylic acids is 1. The lowest BCUT2D eigenvalue weighted by molar-refractivity contribution is -0.137. The highest BCUT2D eigenvalue weighted by Crippen LogP contribution is 2.32. The second-order valence-corrected chi connectivity index (χ2v) is 9.78. The molecule has 170 valence electrons. The second kappa shape index (κ2) is 10.1. The SMILES string of the molecule is O=C(NCCc1cccs1)C1CCN(Cc2csc(-c3ccc(C(F)(F)F)cc3)n2)CC1. The molecule has 9 heteroatoms. The molecule has 1 amide bonds. The van der Waals surface area contributed by atoms with Crippen LogP contribution in [0.5, 0.6) is 0 Å². The number of hydrogen-bond donors (Lipinski definition) is 1. The van der Waals surface area contributed by atoms with Crippen LogP contribution in [0.1, 0.15) is 29.0 Å². The second-order valence-electron chi connectivity index (χ2n) is 7.89. The Bertz CT molecular complexity index is 1010. The summed E-state index contributed by atoms with van der Waals surface area (Å²) in [6.45, 7) is 3.02. The number of rotatable bonds is 7. The van der Waals surface area contributed by atoms with Gasteiger partial charge in [0.25, 0.3) is 0 Å². The van der Waals surface area contributed by atoms with Crippen molar-refractivity contribution in [1.82, 2.24) is 15.2 Å². The third-order valence-electron chi connectivity index (χ3n) is 5.61. The van der Waals surface area contributed by atoms with Crippen LogP contribution in [0.15, 0.2) is 47.2 Å². The van der Waals surface area contributed by atoms with Crippen LogP contribution in [0.3, 0.4) is 0 Å². The van der Waals surface area contributed by atoms with E-state index in [4.69, 9.17) is 0 Å². The molecule has 0 radical (unpaired) electrons. The lowest BCUT2D eigenvalue weighted by Crippen LogP contribution is -2.40. The minimum atomic E-state index is -4.33. The maximum atomic E-state index is 12.7. The van der Waals surface area contributed by atoms with E-state index in [-0.39, 0.29) is 11.8 Å². The Morgan fingerprint density at radius 3 is 2.53 bits per heavy atom. The Morgan fingerprint density at radius 1 is 1.12 bits per heavy atom. The fourth-order valence-corrected chi connectivity index (χ4v) is 5.33. The van der Waals surface area contributed by atoms with E-state index in [0.717, 1.165) is 50.2 Å². The van der Waals surface area contributed by atoms with E-state index in [0.29, 0.717) is 23.7 Å². The molecule has 0 unspecified atom stereocenters. The first-order valence-corrected chi connectivity index (χ1v) is 12.3. The van der Waals surface area contributed by atoms with Gasteiger partial charge in [0.1, 0.15) is 5.01 Å². The summed E-state index contributed by atoms with van der Waals surface area (Å²) in [5.74, 6) is 0.187. The Balaban J connectivity index is 1.23. The van der Waals surface area contributed by atoms with Crippen molar-refractivity contribution < 1.29 is 18.0 Å². The summed E-state index contributed by atoms with van der Waals surface area (Å²) in [7, 11) is 0. The van der Waals surface area contributed by atoms with Gasteiger partial charge in [0.05, 0.1) is 11.3 Å². The number of hydrogen-bond acceptors (Lipinski definition) is 5. The Labute approximate surface area is 193 Å². The molecule has 3 aromatic rings. The number of piperidine rings is 1. The number of alkyl halides is 3. The highest BCUT2D eigenvalue weighted by Gasteiger charge is 2.30. The fourth-order valence-electron chi connectivity index (χ4n) is 3.80. The van der Waals surface area contributed by atoms with Gasteiger partial charge in [0, 0.05) is 34.8 Å². The molecule has 4 nitrogen and oxygen atoms in total. The topological polar surface area (TPSA) is 45.2 Å². The van der Waals surface area contributed by atoms with Gasteiger partial charge in [0.2, 0.25) is 5.91 Å². The predicted molar refractivity (Wildman–Crippen MR) is 122 cm³/mol. The number of likely N-dealkylation sites (tertiary alicyclic amines) is 1. The molecule has 0 aliphatic carbocycles. The molecule has 1 aliphatic heterocycles. The normalized spacial score (nSPS) is 15.7. The summed E-state index contributed by atoms with van der Waals surface area (Å²) in [6, 6.07) is 9.21. The molecular weight excluding hydrogens is 455 g/mol. The van der Waals surface area contributed by atoms with Gasteiger partial charge < -0.3 is 5.32 Å². The number of nitrogens with one attached hydrogen (secondary N) is 1. The summed E-state index contributed by atoms with van der Waals surface area (Å²) >= 11 is 3.14. The number of carbonyl (C=O) groups is 1. The molecule has 1 fully saturated rings. The first-order chi connectivity index (χ1) is 15.4. The summed E-state index contributed by atoms with van der Waals surface area (Å²) in [4.78, 5) is 20.6. The highest BCUT2D eigenvalue weighted by atomic mass is 32.1. The largest absolute Gasteiger partial charge is 0.416 e. The van der Waals surface area contributed by atoms with Crippen molar-refractivity contribution in [3.05, 3.63) is 63.3 Å². The molecule has 0 spiro atoms. The molecule has 2 aromatic heterocycles. The van der Waals surface area contributed by atoms with Gasteiger partial charge in [-0.2, -0.15) is 13.2 Å². The molecule has 1 aliphatic rings. The standard InChI is InChI=1S/C23H24F3N3OS2/c24-23(25,26)18-5-3-17(4-6-18)22-28-19(15-32-22)14-29-11-8-16(9-12-29)21(30)27-10-7-20-2-1-13-31-20/h1-6,13,15-16H,7-12,14H2,(H,27,30). The van der Waals surface area contributed by atoms with Gasteiger partial charge in [0.15, 0.2) is 0 Å². The maximum Gasteiger partial charge on any atom is 0.416 e. The Kier molecular flexibility index (Phi) is 7.27.